The van der Waals surface area contributed by atoms with Crippen LogP contribution in [0.3, 0.4) is 0 Å². The summed E-state index contributed by atoms with van der Waals surface area (Å²) in [4.78, 5) is 15.8. The molecule has 3 heterocycles. The second-order valence-electron chi connectivity index (χ2n) is 6.66. The maximum absolute atomic E-state index is 5.53. The van der Waals surface area contributed by atoms with E-state index in [1.807, 2.05) is 18.3 Å². The Bertz CT molecular complexity index is 698. The molecule has 154 valence electrons. The standard InChI is InChI=1S/C19H29N7O.HI/c1-3-11-27-17-6-5-15(12-21-17)13-22-19(20-4-2)26-9-7-16(8-10-26)18-23-14-24-25-18;/h5-6,12,14,16H,3-4,7-11,13H2,1-2H3,(H,20,22)(H,23,24,25);1H. The number of hydrogen-bond donors (Lipinski definition) is 2. The molecule has 0 radical (unpaired) electrons. The lowest BCUT2D eigenvalue weighted by Gasteiger charge is -2.33. The minimum atomic E-state index is 0. The van der Waals surface area contributed by atoms with E-state index in [1.54, 1.807) is 6.33 Å². The number of ether oxygens (including phenoxy) is 1. The van der Waals surface area contributed by atoms with Gasteiger partial charge in [0.1, 0.15) is 12.2 Å². The molecule has 0 unspecified atom stereocenters. The van der Waals surface area contributed by atoms with Crippen molar-refractivity contribution in [2.45, 2.75) is 45.6 Å². The van der Waals surface area contributed by atoms with Gasteiger partial charge in [-0.25, -0.2) is 15.0 Å². The topological polar surface area (TPSA) is 91.3 Å². The number of piperidine rings is 1. The quantitative estimate of drug-likeness (QED) is 0.346. The van der Waals surface area contributed by atoms with Gasteiger partial charge >= 0.3 is 0 Å². The fourth-order valence-electron chi connectivity index (χ4n) is 3.16. The van der Waals surface area contributed by atoms with Crippen molar-refractivity contribution in [3.8, 4) is 5.88 Å². The van der Waals surface area contributed by atoms with Gasteiger partial charge in [0.15, 0.2) is 5.96 Å². The molecule has 2 N–H and O–H groups in total. The summed E-state index contributed by atoms with van der Waals surface area (Å²) in [6.07, 6.45) is 6.50. The summed E-state index contributed by atoms with van der Waals surface area (Å²) in [6, 6.07) is 3.94. The van der Waals surface area contributed by atoms with E-state index in [2.05, 4.69) is 44.2 Å². The lowest BCUT2D eigenvalue weighted by atomic mass is 9.96. The first-order chi connectivity index (χ1) is 13.3. The first kappa shape index (κ1) is 22.4. The first-order valence-corrected chi connectivity index (χ1v) is 9.76. The highest BCUT2D eigenvalue weighted by Crippen LogP contribution is 2.25. The zero-order valence-corrected chi connectivity index (χ0v) is 18.9. The fourth-order valence-corrected chi connectivity index (χ4v) is 3.16. The third kappa shape index (κ3) is 6.32. The van der Waals surface area contributed by atoms with Gasteiger partial charge in [0.2, 0.25) is 5.88 Å². The van der Waals surface area contributed by atoms with E-state index in [0.29, 0.717) is 24.9 Å². The van der Waals surface area contributed by atoms with Crippen molar-refractivity contribution < 1.29 is 4.74 Å². The van der Waals surface area contributed by atoms with E-state index in [1.165, 1.54) is 0 Å². The summed E-state index contributed by atoms with van der Waals surface area (Å²) >= 11 is 0. The molecule has 0 spiro atoms. The molecular formula is C19H30IN7O. The van der Waals surface area contributed by atoms with Gasteiger partial charge in [-0.3, -0.25) is 5.10 Å². The number of aliphatic imine (C=N–C) groups is 1. The normalized spacial score (nSPS) is 15.2. The van der Waals surface area contributed by atoms with Crippen LogP contribution in [0, 0.1) is 0 Å². The van der Waals surface area contributed by atoms with Crippen molar-refractivity contribution in [3.05, 3.63) is 36.0 Å². The average Bonchev–Trinajstić information content (AvgIpc) is 3.25. The highest BCUT2D eigenvalue weighted by Gasteiger charge is 2.24. The number of aromatic amines is 1. The van der Waals surface area contributed by atoms with Crippen molar-refractivity contribution in [1.82, 2.24) is 30.4 Å². The monoisotopic (exact) mass is 499 g/mol. The molecule has 0 bridgehead atoms. The zero-order chi connectivity index (χ0) is 18.9. The molecule has 3 rings (SSSR count). The minimum absolute atomic E-state index is 0. The van der Waals surface area contributed by atoms with Gasteiger partial charge in [-0.2, -0.15) is 5.10 Å². The summed E-state index contributed by atoms with van der Waals surface area (Å²) in [5.74, 6) is 3.07. The number of rotatable bonds is 7. The van der Waals surface area contributed by atoms with Crippen LogP contribution < -0.4 is 10.1 Å². The number of nitrogens with zero attached hydrogens (tertiary/aromatic N) is 5. The molecule has 1 aliphatic rings. The molecule has 2 aromatic rings. The maximum Gasteiger partial charge on any atom is 0.213 e. The predicted molar refractivity (Wildman–Crippen MR) is 120 cm³/mol. The molecule has 1 fully saturated rings. The van der Waals surface area contributed by atoms with E-state index in [-0.39, 0.29) is 24.0 Å². The van der Waals surface area contributed by atoms with Crippen LogP contribution in [0.5, 0.6) is 5.88 Å². The SMILES string of the molecule is CCCOc1ccc(CN=C(NCC)N2CCC(c3ncn[nH]3)CC2)cn1.I. The van der Waals surface area contributed by atoms with E-state index >= 15 is 0 Å². The van der Waals surface area contributed by atoms with Gasteiger partial charge in [0.05, 0.1) is 13.2 Å². The summed E-state index contributed by atoms with van der Waals surface area (Å²) in [5.41, 5.74) is 1.07. The average molecular weight is 499 g/mol. The van der Waals surface area contributed by atoms with Crippen molar-refractivity contribution >= 4 is 29.9 Å². The Hall–Kier alpha value is -1.91. The van der Waals surface area contributed by atoms with Crippen LogP contribution in [0.1, 0.15) is 50.4 Å². The zero-order valence-electron chi connectivity index (χ0n) is 16.6. The molecule has 0 atom stereocenters. The van der Waals surface area contributed by atoms with Crippen molar-refractivity contribution in [1.29, 1.82) is 0 Å². The van der Waals surface area contributed by atoms with Gasteiger partial charge in [-0.1, -0.05) is 13.0 Å². The molecular weight excluding hydrogens is 469 g/mol. The third-order valence-electron chi connectivity index (χ3n) is 4.61. The lowest BCUT2D eigenvalue weighted by Crippen LogP contribution is -2.45. The molecule has 8 nitrogen and oxygen atoms in total. The van der Waals surface area contributed by atoms with Gasteiger partial charge in [-0.15, -0.1) is 24.0 Å². The van der Waals surface area contributed by atoms with E-state index in [4.69, 9.17) is 9.73 Å². The summed E-state index contributed by atoms with van der Waals surface area (Å²) < 4.78 is 5.53. The van der Waals surface area contributed by atoms with E-state index < -0.39 is 0 Å². The van der Waals surface area contributed by atoms with Crippen LogP contribution >= 0.6 is 24.0 Å². The second-order valence-corrected chi connectivity index (χ2v) is 6.66. The number of nitrogens with one attached hydrogen (secondary N) is 2. The molecule has 0 aliphatic carbocycles. The summed E-state index contributed by atoms with van der Waals surface area (Å²) in [7, 11) is 0. The molecule has 0 saturated carbocycles. The van der Waals surface area contributed by atoms with Gasteiger partial charge in [0, 0.05) is 37.8 Å². The minimum Gasteiger partial charge on any atom is -0.478 e. The van der Waals surface area contributed by atoms with Crippen LogP contribution in [0.4, 0.5) is 0 Å². The molecule has 2 aromatic heterocycles. The fraction of sp³-hybridized carbons (Fsp3) is 0.579. The van der Waals surface area contributed by atoms with Crippen LogP contribution in [0.15, 0.2) is 29.6 Å². The van der Waals surface area contributed by atoms with E-state index in [0.717, 1.165) is 56.2 Å². The Balaban J connectivity index is 0.00000280. The molecule has 9 heteroatoms. The molecule has 1 saturated heterocycles. The Morgan fingerprint density at radius 2 is 2.11 bits per heavy atom. The maximum atomic E-state index is 5.53. The number of hydrogen-bond acceptors (Lipinski definition) is 5. The van der Waals surface area contributed by atoms with Crippen molar-refractivity contribution in [2.24, 2.45) is 4.99 Å². The highest BCUT2D eigenvalue weighted by molar-refractivity contribution is 14.0. The number of guanidine groups is 1. The predicted octanol–water partition coefficient (Wildman–Crippen LogP) is 2.95. The molecule has 28 heavy (non-hydrogen) atoms. The molecule has 1 aliphatic heterocycles. The number of pyridine rings is 1. The summed E-state index contributed by atoms with van der Waals surface area (Å²) in [6.45, 7) is 8.24. The summed E-state index contributed by atoms with van der Waals surface area (Å²) in [5, 5.41) is 10.4. The Labute approximate surface area is 183 Å². The number of likely N-dealkylation sites (tertiary alicyclic amines) is 1. The third-order valence-corrected chi connectivity index (χ3v) is 4.61. The number of H-pyrrole nitrogens is 1. The van der Waals surface area contributed by atoms with Crippen LogP contribution in [-0.4, -0.2) is 57.3 Å². The van der Waals surface area contributed by atoms with Gasteiger partial charge in [-0.05, 0) is 31.7 Å². The Morgan fingerprint density at radius 1 is 1.29 bits per heavy atom. The van der Waals surface area contributed by atoms with Gasteiger partial charge < -0.3 is 15.0 Å². The highest BCUT2D eigenvalue weighted by atomic mass is 127. The first-order valence-electron chi connectivity index (χ1n) is 9.76. The lowest BCUT2D eigenvalue weighted by molar-refractivity contribution is 0.298. The van der Waals surface area contributed by atoms with Crippen molar-refractivity contribution in [3.63, 3.8) is 0 Å². The second kappa shape index (κ2) is 11.8. The molecule has 0 amide bonds. The Kier molecular flexibility index (Phi) is 9.45. The van der Waals surface area contributed by atoms with E-state index in [9.17, 15) is 0 Å². The Morgan fingerprint density at radius 3 is 2.71 bits per heavy atom. The van der Waals surface area contributed by atoms with Crippen LogP contribution in [0.25, 0.3) is 0 Å². The van der Waals surface area contributed by atoms with Gasteiger partial charge in [0.25, 0.3) is 0 Å². The van der Waals surface area contributed by atoms with Crippen LogP contribution in [0.2, 0.25) is 0 Å². The van der Waals surface area contributed by atoms with Crippen LogP contribution in [-0.2, 0) is 6.54 Å². The number of aromatic nitrogens is 4. The number of halogens is 1. The largest absolute Gasteiger partial charge is 0.478 e. The molecule has 0 aromatic carbocycles. The van der Waals surface area contributed by atoms with Crippen molar-refractivity contribution in [2.75, 3.05) is 26.2 Å². The smallest absolute Gasteiger partial charge is 0.213 e.